The van der Waals surface area contributed by atoms with Crippen LogP contribution < -0.4 is 0 Å². The molecule has 0 aromatic heterocycles. The third kappa shape index (κ3) is 3.00. The average molecular weight is 329 g/mol. The highest BCUT2D eigenvalue weighted by molar-refractivity contribution is 9.09. The van der Waals surface area contributed by atoms with Crippen LogP contribution in [-0.2, 0) is 0 Å². The average Bonchev–Trinajstić information content (AvgIpc) is 2.31. The fraction of sp³-hybridized carbons (Fsp3) is 0.200. The van der Waals surface area contributed by atoms with Crippen LogP contribution in [0.15, 0.2) is 30.3 Å². The third-order valence-electron chi connectivity index (χ3n) is 2.91. The zero-order chi connectivity index (χ0) is 14.2. The van der Waals surface area contributed by atoms with Crippen molar-refractivity contribution in [3.63, 3.8) is 0 Å². The van der Waals surface area contributed by atoms with Crippen LogP contribution in [0.25, 0.3) is 0 Å². The molecule has 0 heterocycles. The Morgan fingerprint density at radius 3 is 2.21 bits per heavy atom. The van der Waals surface area contributed by atoms with E-state index < -0.39 is 22.3 Å². The van der Waals surface area contributed by atoms with Crippen molar-refractivity contribution in [3.8, 4) is 0 Å². The number of hydrogen-bond acceptors (Lipinski definition) is 0. The Morgan fingerprint density at radius 1 is 0.895 bits per heavy atom. The Balaban J connectivity index is 2.49. The van der Waals surface area contributed by atoms with Crippen molar-refractivity contribution in [3.05, 3.63) is 70.0 Å². The van der Waals surface area contributed by atoms with Crippen molar-refractivity contribution >= 4 is 15.9 Å². The van der Waals surface area contributed by atoms with Gasteiger partial charge in [-0.3, -0.25) is 0 Å². The van der Waals surface area contributed by atoms with Crippen LogP contribution in [0.3, 0.4) is 0 Å². The van der Waals surface area contributed by atoms with Gasteiger partial charge in [-0.25, -0.2) is 13.2 Å². The first kappa shape index (κ1) is 14.1. The van der Waals surface area contributed by atoms with E-state index in [1.54, 1.807) is 13.0 Å². The molecule has 4 heteroatoms. The van der Waals surface area contributed by atoms with Crippen LogP contribution >= 0.6 is 15.9 Å². The lowest BCUT2D eigenvalue weighted by molar-refractivity contribution is 0.580. The van der Waals surface area contributed by atoms with Crippen LogP contribution in [0, 0.1) is 31.3 Å². The van der Waals surface area contributed by atoms with Crippen molar-refractivity contribution in [1.29, 1.82) is 0 Å². The van der Waals surface area contributed by atoms with Crippen molar-refractivity contribution in [1.82, 2.24) is 0 Å². The van der Waals surface area contributed by atoms with Crippen molar-refractivity contribution in [2.45, 2.75) is 18.7 Å². The minimum atomic E-state index is -0.586. The minimum Gasteiger partial charge on any atom is -0.207 e. The van der Waals surface area contributed by atoms with Crippen LogP contribution in [-0.4, -0.2) is 0 Å². The maximum atomic E-state index is 13.9. The van der Waals surface area contributed by atoms with Crippen LogP contribution in [0.4, 0.5) is 13.2 Å². The quantitative estimate of drug-likeness (QED) is 0.664. The number of halogens is 4. The summed E-state index contributed by atoms with van der Waals surface area (Å²) >= 11 is 3.30. The second-order valence-electron chi connectivity index (χ2n) is 4.55. The normalized spacial score (nSPS) is 12.5. The van der Waals surface area contributed by atoms with Gasteiger partial charge in [0, 0.05) is 5.56 Å². The molecule has 19 heavy (non-hydrogen) atoms. The van der Waals surface area contributed by atoms with E-state index in [1.165, 1.54) is 19.1 Å². The SMILES string of the molecule is Cc1cc(F)cc(C(Br)c2cc(F)c(C)cc2F)c1. The molecule has 0 saturated heterocycles. The van der Waals surface area contributed by atoms with E-state index in [4.69, 9.17) is 0 Å². The summed E-state index contributed by atoms with van der Waals surface area (Å²) in [6, 6.07) is 6.72. The summed E-state index contributed by atoms with van der Waals surface area (Å²) in [5.74, 6) is -1.39. The number of alkyl halides is 1. The first-order chi connectivity index (χ1) is 8.88. The molecule has 0 aliphatic carbocycles. The molecule has 0 aliphatic heterocycles. The van der Waals surface area contributed by atoms with Gasteiger partial charge in [-0.05, 0) is 54.8 Å². The molecule has 1 unspecified atom stereocenters. The predicted octanol–water partition coefficient (Wildman–Crippen LogP) is 5.21. The molecule has 0 spiro atoms. The molecule has 2 rings (SSSR count). The molecule has 0 bridgehead atoms. The second kappa shape index (κ2) is 5.37. The summed E-state index contributed by atoms with van der Waals surface area (Å²) in [7, 11) is 0. The van der Waals surface area contributed by atoms with E-state index in [0.29, 0.717) is 5.56 Å². The second-order valence-corrected chi connectivity index (χ2v) is 5.46. The van der Waals surface area contributed by atoms with Gasteiger partial charge in [0.2, 0.25) is 0 Å². The number of rotatable bonds is 2. The largest absolute Gasteiger partial charge is 0.207 e. The molecule has 0 N–H and O–H groups in total. The van der Waals surface area contributed by atoms with E-state index >= 15 is 0 Å². The maximum Gasteiger partial charge on any atom is 0.128 e. The van der Waals surface area contributed by atoms with Gasteiger partial charge in [0.25, 0.3) is 0 Å². The van der Waals surface area contributed by atoms with Crippen molar-refractivity contribution in [2.24, 2.45) is 0 Å². The lowest BCUT2D eigenvalue weighted by Crippen LogP contribution is -2.00. The third-order valence-corrected chi connectivity index (χ3v) is 3.93. The van der Waals surface area contributed by atoms with Crippen molar-refractivity contribution < 1.29 is 13.2 Å². The van der Waals surface area contributed by atoms with Gasteiger partial charge in [-0.15, -0.1) is 0 Å². The Morgan fingerprint density at radius 2 is 1.58 bits per heavy atom. The first-order valence-electron chi connectivity index (χ1n) is 5.75. The first-order valence-corrected chi connectivity index (χ1v) is 6.66. The Bertz CT molecular complexity index is 603. The number of benzene rings is 2. The molecule has 0 aliphatic rings. The summed E-state index contributed by atoms with van der Waals surface area (Å²) in [4.78, 5) is -0.586. The van der Waals surface area contributed by atoms with Gasteiger partial charge in [0.05, 0.1) is 4.83 Å². The van der Waals surface area contributed by atoms with E-state index in [9.17, 15) is 13.2 Å². The fourth-order valence-electron chi connectivity index (χ4n) is 1.95. The maximum absolute atomic E-state index is 13.9. The standard InChI is InChI=1S/C15H12BrF3/c1-8-3-10(6-11(17)4-8)15(16)12-7-13(18)9(2)5-14(12)19/h3-7,15H,1-2H3. The predicted molar refractivity (Wildman–Crippen MR) is 73.0 cm³/mol. The van der Waals surface area contributed by atoms with E-state index in [2.05, 4.69) is 15.9 Å². The number of aryl methyl sites for hydroxylation is 2. The zero-order valence-electron chi connectivity index (χ0n) is 10.5. The summed E-state index contributed by atoms with van der Waals surface area (Å²) in [6.07, 6.45) is 0. The van der Waals surface area contributed by atoms with Crippen molar-refractivity contribution in [2.75, 3.05) is 0 Å². The zero-order valence-corrected chi connectivity index (χ0v) is 12.1. The molecule has 0 saturated carbocycles. The van der Waals surface area contributed by atoms with E-state index in [1.807, 2.05) is 0 Å². The lowest BCUT2D eigenvalue weighted by Gasteiger charge is -2.14. The van der Waals surface area contributed by atoms with Gasteiger partial charge in [-0.1, -0.05) is 22.0 Å². The molecular weight excluding hydrogens is 317 g/mol. The summed E-state index contributed by atoms with van der Waals surface area (Å²) < 4.78 is 40.8. The van der Waals surface area contributed by atoms with Gasteiger partial charge in [0.1, 0.15) is 17.5 Å². The topological polar surface area (TPSA) is 0 Å². The molecule has 0 fully saturated rings. The monoisotopic (exact) mass is 328 g/mol. The summed E-state index contributed by atoms with van der Waals surface area (Å²) in [5, 5.41) is 0. The molecule has 100 valence electrons. The molecule has 0 nitrogen and oxygen atoms in total. The molecule has 0 radical (unpaired) electrons. The fourth-order valence-corrected chi connectivity index (χ4v) is 2.56. The lowest BCUT2D eigenvalue weighted by atomic mass is 10.0. The molecule has 2 aromatic carbocycles. The molecular formula is C15H12BrF3. The van der Waals surface area contributed by atoms with E-state index in [-0.39, 0.29) is 11.1 Å². The number of hydrogen-bond donors (Lipinski definition) is 0. The highest BCUT2D eigenvalue weighted by Crippen LogP contribution is 2.34. The summed E-state index contributed by atoms with van der Waals surface area (Å²) in [5.41, 5.74) is 1.69. The Hall–Kier alpha value is -1.29. The summed E-state index contributed by atoms with van der Waals surface area (Å²) in [6.45, 7) is 3.25. The minimum absolute atomic E-state index is 0.160. The van der Waals surface area contributed by atoms with Crippen LogP contribution in [0.2, 0.25) is 0 Å². The Labute approximate surface area is 118 Å². The van der Waals surface area contributed by atoms with Gasteiger partial charge in [0.15, 0.2) is 0 Å². The molecule has 2 aromatic rings. The highest BCUT2D eigenvalue weighted by atomic mass is 79.9. The smallest absolute Gasteiger partial charge is 0.128 e. The van der Waals surface area contributed by atoms with Gasteiger partial charge < -0.3 is 0 Å². The van der Waals surface area contributed by atoms with Gasteiger partial charge >= 0.3 is 0 Å². The molecule has 0 amide bonds. The van der Waals surface area contributed by atoms with Crippen LogP contribution in [0.1, 0.15) is 27.1 Å². The van der Waals surface area contributed by atoms with E-state index in [0.717, 1.165) is 17.7 Å². The van der Waals surface area contributed by atoms with Crippen LogP contribution in [0.5, 0.6) is 0 Å². The Kier molecular flexibility index (Phi) is 3.99. The van der Waals surface area contributed by atoms with Gasteiger partial charge in [-0.2, -0.15) is 0 Å². The molecule has 1 atom stereocenters. The highest BCUT2D eigenvalue weighted by Gasteiger charge is 2.18.